The van der Waals surface area contributed by atoms with E-state index in [9.17, 15) is 0 Å². The van der Waals surface area contributed by atoms with Crippen molar-refractivity contribution in [2.24, 2.45) is 5.92 Å². The van der Waals surface area contributed by atoms with Crippen LogP contribution in [0.1, 0.15) is 20.3 Å². The molecular weight excluding hydrogens is 142 g/mol. The summed E-state index contributed by atoms with van der Waals surface area (Å²) in [5.74, 6) is 2.07. The Balaban J connectivity index is 2.77. The summed E-state index contributed by atoms with van der Waals surface area (Å²) >= 11 is 1.92. The fraction of sp³-hybridized carbons (Fsp3) is 1.00. The van der Waals surface area contributed by atoms with Crippen LogP contribution >= 0.6 is 11.8 Å². The molecule has 0 atom stereocenters. The van der Waals surface area contributed by atoms with Gasteiger partial charge in [-0.1, -0.05) is 13.8 Å². The molecular formula is C8H19NS. The highest BCUT2D eigenvalue weighted by Crippen LogP contribution is 1.93. The van der Waals surface area contributed by atoms with E-state index in [1.54, 1.807) is 0 Å². The maximum Gasteiger partial charge on any atom is -0.00258 e. The summed E-state index contributed by atoms with van der Waals surface area (Å²) < 4.78 is 0. The molecule has 1 N–H and O–H groups in total. The van der Waals surface area contributed by atoms with Crippen molar-refractivity contribution in [3.05, 3.63) is 0 Å². The van der Waals surface area contributed by atoms with Crippen molar-refractivity contribution < 1.29 is 0 Å². The number of hydrogen-bond acceptors (Lipinski definition) is 2. The Bertz CT molecular complexity index is 64.3. The Hall–Kier alpha value is 0.310. The first kappa shape index (κ1) is 10.3. The smallest absolute Gasteiger partial charge is 0.00258 e. The van der Waals surface area contributed by atoms with Gasteiger partial charge < -0.3 is 5.32 Å². The number of thioether (sulfide) groups is 1. The van der Waals surface area contributed by atoms with Gasteiger partial charge in [0.1, 0.15) is 0 Å². The van der Waals surface area contributed by atoms with Gasteiger partial charge in [0, 0.05) is 0 Å². The van der Waals surface area contributed by atoms with Crippen molar-refractivity contribution in [2.45, 2.75) is 20.3 Å². The lowest BCUT2D eigenvalue weighted by Crippen LogP contribution is -2.20. The van der Waals surface area contributed by atoms with Gasteiger partial charge in [0.2, 0.25) is 0 Å². The Labute approximate surface area is 69.0 Å². The lowest BCUT2D eigenvalue weighted by Gasteiger charge is -2.05. The zero-order valence-corrected chi connectivity index (χ0v) is 8.13. The summed E-state index contributed by atoms with van der Waals surface area (Å²) in [6, 6.07) is 0. The third-order valence-corrected chi connectivity index (χ3v) is 1.95. The molecule has 0 heterocycles. The van der Waals surface area contributed by atoms with Crippen LogP contribution < -0.4 is 5.32 Å². The number of hydrogen-bond donors (Lipinski definition) is 1. The molecule has 0 fully saturated rings. The molecule has 0 saturated carbocycles. The van der Waals surface area contributed by atoms with Crippen LogP contribution in [0.5, 0.6) is 0 Å². The molecule has 0 aliphatic heterocycles. The summed E-state index contributed by atoms with van der Waals surface area (Å²) in [6.07, 6.45) is 3.45. The summed E-state index contributed by atoms with van der Waals surface area (Å²) in [7, 11) is 0. The minimum atomic E-state index is 0.786. The van der Waals surface area contributed by atoms with Crippen molar-refractivity contribution in [3.63, 3.8) is 0 Å². The quantitative estimate of drug-likeness (QED) is 0.598. The average molecular weight is 161 g/mol. The molecule has 0 amide bonds. The van der Waals surface area contributed by atoms with Crippen molar-refractivity contribution in [3.8, 4) is 0 Å². The Morgan fingerprint density at radius 2 is 2.10 bits per heavy atom. The van der Waals surface area contributed by atoms with Gasteiger partial charge in [-0.05, 0) is 37.4 Å². The zero-order valence-electron chi connectivity index (χ0n) is 7.31. The number of nitrogens with one attached hydrogen (secondary N) is 1. The van der Waals surface area contributed by atoms with Crippen LogP contribution in [-0.2, 0) is 0 Å². The van der Waals surface area contributed by atoms with E-state index in [4.69, 9.17) is 0 Å². The second kappa shape index (κ2) is 7.42. The molecule has 0 aromatic heterocycles. The molecule has 1 nitrogen and oxygen atoms in total. The molecule has 0 aliphatic rings. The monoisotopic (exact) mass is 161 g/mol. The first-order valence-electron chi connectivity index (χ1n) is 3.97. The minimum Gasteiger partial charge on any atom is -0.316 e. The van der Waals surface area contributed by atoms with Gasteiger partial charge in [-0.2, -0.15) is 11.8 Å². The van der Waals surface area contributed by atoms with Crippen molar-refractivity contribution in [1.82, 2.24) is 5.32 Å². The molecule has 2 heteroatoms. The highest BCUT2D eigenvalue weighted by Gasteiger charge is 1.91. The normalized spacial score (nSPS) is 10.8. The minimum absolute atomic E-state index is 0.786. The van der Waals surface area contributed by atoms with Crippen LogP contribution in [0.2, 0.25) is 0 Å². The molecule has 0 unspecified atom stereocenters. The van der Waals surface area contributed by atoms with Gasteiger partial charge in [-0.3, -0.25) is 0 Å². The van der Waals surface area contributed by atoms with Gasteiger partial charge >= 0.3 is 0 Å². The van der Waals surface area contributed by atoms with Gasteiger partial charge in [0.15, 0.2) is 0 Å². The summed E-state index contributed by atoms with van der Waals surface area (Å²) in [4.78, 5) is 0. The fourth-order valence-corrected chi connectivity index (χ4v) is 1.17. The molecule has 10 heavy (non-hydrogen) atoms. The Kier molecular flexibility index (Phi) is 7.65. The van der Waals surface area contributed by atoms with Gasteiger partial charge in [0.05, 0.1) is 0 Å². The lowest BCUT2D eigenvalue weighted by atomic mass is 10.2. The van der Waals surface area contributed by atoms with Gasteiger partial charge in [-0.25, -0.2) is 0 Å². The SMILES string of the molecule is CSCCCNCC(C)C. The van der Waals surface area contributed by atoms with Crippen LogP contribution in [0, 0.1) is 5.92 Å². The predicted octanol–water partition coefficient (Wildman–Crippen LogP) is 1.99. The molecule has 0 radical (unpaired) electrons. The van der Waals surface area contributed by atoms with E-state index in [0.717, 1.165) is 12.5 Å². The Morgan fingerprint density at radius 3 is 2.60 bits per heavy atom. The predicted molar refractivity (Wildman–Crippen MR) is 50.7 cm³/mol. The molecule has 0 saturated heterocycles. The standard InChI is InChI=1S/C8H19NS/c1-8(2)7-9-5-4-6-10-3/h8-9H,4-7H2,1-3H3. The second-order valence-electron chi connectivity index (χ2n) is 2.94. The Morgan fingerprint density at radius 1 is 1.40 bits per heavy atom. The van der Waals surface area contributed by atoms with E-state index < -0.39 is 0 Å². The molecule has 0 bridgehead atoms. The van der Waals surface area contributed by atoms with E-state index in [1.165, 1.54) is 18.7 Å². The topological polar surface area (TPSA) is 12.0 Å². The largest absolute Gasteiger partial charge is 0.316 e. The van der Waals surface area contributed by atoms with Crippen molar-refractivity contribution >= 4 is 11.8 Å². The maximum atomic E-state index is 3.41. The maximum absolute atomic E-state index is 3.41. The number of rotatable bonds is 6. The average Bonchev–Trinajstić information content (AvgIpc) is 1.87. The highest BCUT2D eigenvalue weighted by atomic mass is 32.2. The summed E-state index contributed by atoms with van der Waals surface area (Å²) in [6.45, 7) is 6.82. The van der Waals surface area contributed by atoms with Crippen LogP contribution in [0.3, 0.4) is 0 Å². The highest BCUT2D eigenvalue weighted by molar-refractivity contribution is 7.98. The molecule has 0 aromatic carbocycles. The lowest BCUT2D eigenvalue weighted by molar-refractivity contribution is 0.552. The van der Waals surface area contributed by atoms with E-state index in [-0.39, 0.29) is 0 Å². The van der Waals surface area contributed by atoms with Gasteiger partial charge in [-0.15, -0.1) is 0 Å². The summed E-state index contributed by atoms with van der Waals surface area (Å²) in [5, 5.41) is 3.41. The van der Waals surface area contributed by atoms with Crippen molar-refractivity contribution in [2.75, 3.05) is 25.1 Å². The first-order valence-corrected chi connectivity index (χ1v) is 5.36. The molecule has 0 aromatic rings. The molecule has 62 valence electrons. The van der Waals surface area contributed by atoms with Crippen molar-refractivity contribution in [1.29, 1.82) is 0 Å². The third-order valence-electron chi connectivity index (χ3n) is 1.25. The van der Waals surface area contributed by atoms with Crippen LogP contribution in [0.4, 0.5) is 0 Å². The van der Waals surface area contributed by atoms with Crippen LogP contribution in [-0.4, -0.2) is 25.1 Å². The van der Waals surface area contributed by atoms with E-state index in [1.807, 2.05) is 11.8 Å². The van der Waals surface area contributed by atoms with E-state index in [0.29, 0.717) is 0 Å². The molecule has 0 aliphatic carbocycles. The third kappa shape index (κ3) is 8.31. The molecule has 0 spiro atoms. The van der Waals surface area contributed by atoms with E-state index >= 15 is 0 Å². The van der Waals surface area contributed by atoms with Crippen LogP contribution in [0.15, 0.2) is 0 Å². The van der Waals surface area contributed by atoms with Gasteiger partial charge in [0.25, 0.3) is 0 Å². The fourth-order valence-electron chi connectivity index (χ4n) is 0.732. The zero-order chi connectivity index (χ0) is 7.82. The van der Waals surface area contributed by atoms with E-state index in [2.05, 4.69) is 25.4 Å². The molecule has 0 rings (SSSR count). The first-order chi connectivity index (χ1) is 4.77. The van der Waals surface area contributed by atoms with Crippen LogP contribution in [0.25, 0.3) is 0 Å². The second-order valence-corrected chi connectivity index (χ2v) is 3.93. The summed E-state index contributed by atoms with van der Waals surface area (Å²) in [5.41, 5.74) is 0.